The highest BCUT2D eigenvalue weighted by molar-refractivity contribution is 6.30. The van der Waals surface area contributed by atoms with E-state index in [-0.39, 0.29) is 18.1 Å². The Bertz CT molecular complexity index is 834. The lowest BCUT2D eigenvalue weighted by atomic mass is 10.0. The van der Waals surface area contributed by atoms with Crippen LogP contribution in [0.1, 0.15) is 6.42 Å². The molecule has 0 fully saturated rings. The van der Waals surface area contributed by atoms with Gasteiger partial charge in [0.2, 0.25) is 5.91 Å². The molecule has 122 valence electrons. The molecule has 3 aromatic rings. The van der Waals surface area contributed by atoms with Crippen molar-refractivity contribution in [2.75, 3.05) is 5.32 Å². The molecule has 0 spiro atoms. The van der Waals surface area contributed by atoms with E-state index in [9.17, 15) is 9.18 Å². The molecule has 24 heavy (non-hydrogen) atoms. The summed E-state index contributed by atoms with van der Waals surface area (Å²) in [5, 5.41) is 7.35. The minimum Gasteiger partial charge on any atom is -0.325 e. The highest BCUT2D eigenvalue weighted by Crippen LogP contribution is 2.30. The van der Waals surface area contributed by atoms with Crippen LogP contribution in [0.25, 0.3) is 11.1 Å². The van der Waals surface area contributed by atoms with E-state index in [0.717, 1.165) is 5.56 Å². The summed E-state index contributed by atoms with van der Waals surface area (Å²) >= 11 is 5.89. The predicted octanol–water partition coefficient (Wildman–Crippen LogP) is 3.77. The number of benzene rings is 2. The first kappa shape index (κ1) is 16.1. The Morgan fingerprint density at radius 3 is 2.71 bits per heavy atom. The molecule has 1 heterocycles. The van der Waals surface area contributed by atoms with Gasteiger partial charge in [0.1, 0.15) is 18.5 Å². The summed E-state index contributed by atoms with van der Waals surface area (Å²) in [6, 6.07) is 11.2. The number of anilines is 1. The van der Waals surface area contributed by atoms with E-state index < -0.39 is 0 Å². The Hall–Kier alpha value is -2.73. The van der Waals surface area contributed by atoms with Gasteiger partial charge in [-0.05, 0) is 35.9 Å². The topological polar surface area (TPSA) is 59.8 Å². The molecule has 1 N–H and O–H groups in total. The van der Waals surface area contributed by atoms with E-state index in [0.29, 0.717) is 22.8 Å². The van der Waals surface area contributed by atoms with Gasteiger partial charge in [-0.25, -0.2) is 9.37 Å². The fourth-order valence-corrected chi connectivity index (χ4v) is 2.40. The zero-order valence-electron chi connectivity index (χ0n) is 12.6. The lowest BCUT2D eigenvalue weighted by Crippen LogP contribution is -2.15. The molecule has 0 aliphatic heterocycles. The number of carbonyl (C=O) groups is 1. The number of nitrogens with one attached hydrogen (secondary N) is 1. The third-order valence-electron chi connectivity index (χ3n) is 3.45. The van der Waals surface area contributed by atoms with Crippen molar-refractivity contribution in [1.29, 1.82) is 0 Å². The molecule has 0 saturated heterocycles. The van der Waals surface area contributed by atoms with Crippen LogP contribution in [-0.4, -0.2) is 20.7 Å². The number of aromatic nitrogens is 3. The normalized spacial score (nSPS) is 10.6. The fourth-order valence-electron chi connectivity index (χ4n) is 2.27. The molecule has 3 rings (SSSR count). The fraction of sp³-hybridized carbons (Fsp3) is 0.118. The van der Waals surface area contributed by atoms with Gasteiger partial charge in [0.15, 0.2) is 0 Å². The molecule has 7 heteroatoms. The smallest absolute Gasteiger partial charge is 0.226 e. The molecule has 0 bridgehead atoms. The van der Waals surface area contributed by atoms with Gasteiger partial charge in [0.25, 0.3) is 0 Å². The number of carbonyl (C=O) groups excluding carboxylic acids is 1. The highest BCUT2D eigenvalue weighted by atomic mass is 35.5. The molecule has 0 aliphatic carbocycles. The number of halogens is 2. The summed E-state index contributed by atoms with van der Waals surface area (Å²) in [7, 11) is 0. The van der Waals surface area contributed by atoms with Gasteiger partial charge < -0.3 is 5.32 Å². The molecule has 0 aliphatic rings. The lowest BCUT2D eigenvalue weighted by molar-refractivity contribution is -0.116. The average Bonchev–Trinajstić information content (AvgIpc) is 3.09. The maximum absolute atomic E-state index is 13.6. The van der Waals surface area contributed by atoms with Crippen molar-refractivity contribution < 1.29 is 9.18 Å². The van der Waals surface area contributed by atoms with Crippen LogP contribution < -0.4 is 5.32 Å². The van der Waals surface area contributed by atoms with Crippen LogP contribution in [0.15, 0.2) is 55.1 Å². The summed E-state index contributed by atoms with van der Waals surface area (Å²) in [6.07, 6.45) is 3.20. The van der Waals surface area contributed by atoms with Crippen LogP contribution in [0, 0.1) is 5.82 Å². The van der Waals surface area contributed by atoms with Crippen molar-refractivity contribution in [3.63, 3.8) is 0 Å². The molecule has 0 atom stereocenters. The second-order valence-corrected chi connectivity index (χ2v) is 5.59. The maximum atomic E-state index is 13.6. The van der Waals surface area contributed by atoms with Crippen LogP contribution in [0.4, 0.5) is 10.1 Å². The molecule has 2 aromatic carbocycles. The summed E-state index contributed by atoms with van der Waals surface area (Å²) in [4.78, 5) is 16.0. The number of rotatable bonds is 5. The Morgan fingerprint density at radius 1 is 1.21 bits per heavy atom. The average molecular weight is 345 g/mol. The Morgan fingerprint density at radius 2 is 2.00 bits per heavy atom. The Kier molecular flexibility index (Phi) is 4.86. The minimum absolute atomic E-state index is 0.188. The largest absolute Gasteiger partial charge is 0.325 e. The monoisotopic (exact) mass is 344 g/mol. The molecular weight excluding hydrogens is 331 g/mol. The summed E-state index contributed by atoms with van der Waals surface area (Å²) < 4.78 is 15.2. The molecular formula is C17H14ClFN4O. The van der Waals surface area contributed by atoms with Crippen molar-refractivity contribution in [1.82, 2.24) is 14.8 Å². The number of hydrogen-bond acceptors (Lipinski definition) is 3. The van der Waals surface area contributed by atoms with Crippen LogP contribution in [0.2, 0.25) is 5.02 Å². The van der Waals surface area contributed by atoms with Gasteiger partial charge in [-0.15, -0.1) is 0 Å². The third-order valence-corrected chi connectivity index (χ3v) is 3.70. The van der Waals surface area contributed by atoms with E-state index >= 15 is 0 Å². The lowest BCUT2D eigenvalue weighted by Gasteiger charge is -2.12. The van der Waals surface area contributed by atoms with Crippen LogP contribution >= 0.6 is 11.6 Å². The van der Waals surface area contributed by atoms with Crippen molar-refractivity contribution in [2.45, 2.75) is 13.0 Å². The molecule has 0 radical (unpaired) electrons. The standard InChI is InChI=1S/C17H14ClFN4O/c18-13-3-1-12(2-4-13)15-9-14(19)5-6-16(15)22-17(24)7-8-23-11-20-10-21-23/h1-6,9-11H,7-8H2,(H,22,24). The zero-order valence-corrected chi connectivity index (χ0v) is 13.4. The number of aryl methyl sites for hydroxylation is 1. The zero-order chi connectivity index (χ0) is 16.9. The van der Waals surface area contributed by atoms with Crippen molar-refractivity contribution in [2.24, 2.45) is 0 Å². The number of hydrogen-bond donors (Lipinski definition) is 1. The van der Waals surface area contributed by atoms with Gasteiger partial charge in [0.05, 0.1) is 6.54 Å². The summed E-state index contributed by atoms with van der Waals surface area (Å²) in [6.45, 7) is 0.420. The number of amides is 1. The maximum Gasteiger partial charge on any atom is 0.226 e. The van der Waals surface area contributed by atoms with Crippen molar-refractivity contribution in [3.05, 3.63) is 66.0 Å². The van der Waals surface area contributed by atoms with Gasteiger partial charge in [-0.2, -0.15) is 5.10 Å². The first-order chi connectivity index (χ1) is 11.6. The molecule has 5 nitrogen and oxygen atoms in total. The Labute approximate surface area is 143 Å². The second-order valence-electron chi connectivity index (χ2n) is 5.15. The van der Waals surface area contributed by atoms with Gasteiger partial charge in [0, 0.05) is 22.7 Å². The molecule has 0 saturated carbocycles. The molecule has 1 aromatic heterocycles. The highest BCUT2D eigenvalue weighted by Gasteiger charge is 2.10. The van der Waals surface area contributed by atoms with Crippen LogP contribution in [0.5, 0.6) is 0 Å². The second kappa shape index (κ2) is 7.23. The first-order valence-electron chi connectivity index (χ1n) is 7.29. The van der Waals surface area contributed by atoms with Gasteiger partial charge in [-0.1, -0.05) is 23.7 Å². The third kappa shape index (κ3) is 3.97. The summed E-state index contributed by atoms with van der Waals surface area (Å²) in [5.41, 5.74) is 1.91. The number of nitrogens with zero attached hydrogens (tertiary/aromatic N) is 3. The predicted molar refractivity (Wildman–Crippen MR) is 90.1 cm³/mol. The van der Waals surface area contributed by atoms with Gasteiger partial charge >= 0.3 is 0 Å². The van der Waals surface area contributed by atoms with Crippen molar-refractivity contribution in [3.8, 4) is 11.1 Å². The molecule has 0 unspecified atom stereocenters. The van der Waals surface area contributed by atoms with E-state index in [1.165, 1.54) is 18.5 Å². The van der Waals surface area contributed by atoms with E-state index in [1.807, 2.05) is 0 Å². The van der Waals surface area contributed by atoms with E-state index in [4.69, 9.17) is 11.6 Å². The minimum atomic E-state index is -0.374. The Balaban J connectivity index is 1.77. The van der Waals surface area contributed by atoms with Crippen molar-refractivity contribution >= 4 is 23.2 Å². The van der Waals surface area contributed by atoms with Crippen LogP contribution in [0.3, 0.4) is 0 Å². The van der Waals surface area contributed by atoms with E-state index in [2.05, 4.69) is 15.4 Å². The first-order valence-corrected chi connectivity index (χ1v) is 7.67. The van der Waals surface area contributed by atoms with E-state index in [1.54, 1.807) is 41.3 Å². The quantitative estimate of drug-likeness (QED) is 0.766. The molecule has 1 amide bonds. The summed E-state index contributed by atoms with van der Waals surface area (Å²) in [5.74, 6) is -0.562. The van der Waals surface area contributed by atoms with Gasteiger partial charge in [-0.3, -0.25) is 9.48 Å². The SMILES string of the molecule is O=C(CCn1cncn1)Nc1ccc(F)cc1-c1ccc(Cl)cc1. The van der Waals surface area contributed by atoms with Crippen LogP contribution in [-0.2, 0) is 11.3 Å².